The fourth-order valence-corrected chi connectivity index (χ4v) is 1.38. The van der Waals surface area contributed by atoms with E-state index in [0.717, 1.165) is 12.7 Å². The van der Waals surface area contributed by atoms with Gasteiger partial charge in [-0.2, -0.15) is 31.3 Å². The Kier molecular flexibility index (Phi) is 3.36. The molecule has 1 aromatic carbocycles. The molecule has 20 heavy (non-hydrogen) atoms. The molecule has 9 heteroatoms. The van der Waals surface area contributed by atoms with Gasteiger partial charge in [0.1, 0.15) is 5.75 Å². The first-order valence-corrected chi connectivity index (χ1v) is 5.02. The first kappa shape index (κ1) is 14.2. The summed E-state index contributed by atoms with van der Waals surface area (Å²) in [6.07, 6.45) is -7.91. The maximum Gasteiger partial charge on any atom is 0.419 e. The van der Waals surface area contributed by atoms with Gasteiger partial charge in [0.2, 0.25) is 0 Å². The highest BCUT2D eigenvalue weighted by atomic mass is 19.4. The first-order valence-electron chi connectivity index (χ1n) is 5.02. The van der Waals surface area contributed by atoms with Crippen LogP contribution in [-0.4, -0.2) is 4.98 Å². The highest BCUT2D eigenvalue weighted by Gasteiger charge is 2.38. The van der Waals surface area contributed by atoms with Crippen LogP contribution in [0.2, 0.25) is 0 Å². The Balaban J connectivity index is 2.48. The molecule has 1 aromatic heterocycles. The summed E-state index contributed by atoms with van der Waals surface area (Å²) in [5.41, 5.74) is -2.60. The number of hydrogen-bond donors (Lipinski definition) is 0. The summed E-state index contributed by atoms with van der Waals surface area (Å²) in [4.78, 5) is 3.39. The van der Waals surface area contributed by atoms with Gasteiger partial charge in [-0.3, -0.25) is 0 Å². The third kappa shape index (κ3) is 3.03. The van der Waals surface area contributed by atoms with Crippen LogP contribution in [0.3, 0.4) is 0 Å². The van der Waals surface area contributed by atoms with Crippen molar-refractivity contribution >= 4 is 0 Å². The first-order chi connectivity index (χ1) is 9.18. The predicted octanol–water partition coefficient (Wildman–Crippen LogP) is 4.50. The van der Waals surface area contributed by atoms with Gasteiger partial charge in [-0.15, -0.1) is 0 Å². The van der Waals surface area contributed by atoms with E-state index >= 15 is 0 Å². The highest BCUT2D eigenvalue weighted by Crippen LogP contribution is 2.41. The van der Waals surface area contributed by atoms with Crippen LogP contribution in [0.1, 0.15) is 11.1 Å². The van der Waals surface area contributed by atoms with Crippen LogP contribution >= 0.6 is 0 Å². The van der Waals surface area contributed by atoms with Crippen LogP contribution in [0.25, 0.3) is 0 Å². The molecule has 108 valence electrons. The normalized spacial score (nSPS) is 12.5. The van der Waals surface area contributed by atoms with Crippen molar-refractivity contribution in [1.82, 2.24) is 4.98 Å². The second kappa shape index (κ2) is 4.73. The monoisotopic (exact) mass is 297 g/mol. The van der Waals surface area contributed by atoms with Gasteiger partial charge in [-0.1, -0.05) is 0 Å². The molecule has 2 aromatic rings. The van der Waals surface area contributed by atoms with Gasteiger partial charge >= 0.3 is 12.4 Å². The van der Waals surface area contributed by atoms with Gasteiger partial charge < -0.3 is 9.15 Å². The van der Waals surface area contributed by atoms with Crippen molar-refractivity contribution in [3.63, 3.8) is 0 Å². The summed E-state index contributed by atoms with van der Waals surface area (Å²) in [6, 6.07) is 0.897. The number of halogens is 6. The zero-order valence-electron chi connectivity index (χ0n) is 9.42. The van der Waals surface area contributed by atoms with Gasteiger partial charge in [0.05, 0.1) is 11.1 Å². The van der Waals surface area contributed by atoms with Gasteiger partial charge in [0, 0.05) is 0 Å². The lowest BCUT2D eigenvalue weighted by Gasteiger charge is -2.14. The lowest BCUT2D eigenvalue weighted by Crippen LogP contribution is -2.10. The maximum atomic E-state index is 12.7. The standard InChI is InChI=1S/C11H5F6NO2/c12-10(13,14)6-1-2-7(11(15,16)17)8(3-6)20-9-4-19-5-18-9/h1-5H. The molecule has 0 spiro atoms. The number of ether oxygens (including phenoxy) is 1. The Morgan fingerprint density at radius 2 is 1.70 bits per heavy atom. The van der Waals surface area contributed by atoms with E-state index in [1.807, 2.05) is 0 Å². The predicted molar refractivity (Wildman–Crippen MR) is 53.0 cm³/mol. The molecule has 2 rings (SSSR count). The lowest BCUT2D eigenvalue weighted by molar-refractivity contribution is -0.142. The summed E-state index contributed by atoms with van der Waals surface area (Å²) < 4.78 is 84.8. The fraction of sp³-hybridized carbons (Fsp3) is 0.182. The minimum atomic E-state index is -4.86. The van der Waals surface area contributed by atoms with Crippen molar-refractivity contribution in [3.8, 4) is 11.6 Å². The summed E-state index contributed by atoms with van der Waals surface area (Å²) in [5.74, 6) is -1.38. The number of hydrogen-bond acceptors (Lipinski definition) is 3. The molecule has 3 nitrogen and oxygen atoms in total. The Labute approximate surface area is 107 Å². The second-order valence-electron chi connectivity index (χ2n) is 3.64. The number of nitrogens with zero attached hydrogens (tertiary/aromatic N) is 1. The van der Waals surface area contributed by atoms with Crippen molar-refractivity contribution < 1.29 is 35.5 Å². The second-order valence-corrected chi connectivity index (χ2v) is 3.64. The topological polar surface area (TPSA) is 35.3 Å². The van der Waals surface area contributed by atoms with E-state index in [1.54, 1.807) is 0 Å². The zero-order chi connectivity index (χ0) is 15.0. The average molecular weight is 297 g/mol. The molecule has 0 bridgehead atoms. The van der Waals surface area contributed by atoms with Crippen LogP contribution < -0.4 is 4.74 Å². The van der Waals surface area contributed by atoms with E-state index in [2.05, 4.69) is 14.1 Å². The van der Waals surface area contributed by atoms with Gasteiger partial charge in [0.25, 0.3) is 5.88 Å². The third-order valence-electron chi connectivity index (χ3n) is 2.24. The van der Waals surface area contributed by atoms with Crippen LogP contribution in [0.5, 0.6) is 11.6 Å². The van der Waals surface area contributed by atoms with Gasteiger partial charge in [-0.05, 0) is 18.2 Å². The molecule has 0 unspecified atom stereocenters. The average Bonchev–Trinajstić information content (AvgIpc) is 2.79. The molecule has 0 aliphatic heterocycles. The largest absolute Gasteiger partial charge is 0.448 e. The summed E-state index contributed by atoms with van der Waals surface area (Å²) in [5, 5.41) is 0. The molecular formula is C11H5F6NO2. The third-order valence-corrected chi connectivity index (χ3v) is 2.24. The van der Waals surface area contributed by atoms with Crippen LogP contribution in [0, 0.1) is 0 Å². The van der Waals surface area contributed by atoms with Crippen LogP contribution in [0.4, 0.5) is 26.3 Å². The van der Waals surface area contributed by atoms with Crippen LogP contribution in [0.15, 0.2) is 35.3 Å². The number of benzene rings is 1. The Bertz CT molecular complexity index is 588. The van der Waals surface area contributed by atoms with E-state index in [-0.39, 0.29) is 11.9 Å². The van der Waals surface area contributed by atoms with E-state index in [9.17, 15) is 26.3 Å². The lowest BCUT2D eigenvalue weighted by atomic mass is 10.1. The van der Waals surface area contributed by atoms with E-state index < -0.39 is 29.2 Å². The minimum absolute atomic E-state index is 0.261. The van der Waals surface area contributed by atoms with Crippen molar-refractivity contribution in [2.24, 2.45) is 0 Å². The van der Waals surface area contributed by atoms with Crippen molar-refractivity contribution in [3.05, 3.63) is 42.0 Å². The fourth-order valence-electron chi connectivity index (χ4n) is 1.38. The van der Waals surface area contributed by atoms with Gasteiger partial charge in [-0.25, -0.2) is 0 Å². The molecule has 0 aliphatic rings. The molecule has 0 saturated heterocycles. The number of oxazole rings is 1. The molecule has 0 fully saturated rings. The zero-order valence-corrected chi connectivity index (χ0v) is 9.42. The van der Waals surface area contributed by atoms with Gasteiger partial charge in [0.15, 0.2) is 12.7 Å². The van der Waals surface area contributed by atoms with Crippen LogP contribution in [-0.2, 0) is 12.4 Å². The quantitative estimate of drug-likeness (QED) is 0.765. The summed E-state index contributed by atoms with van der Waals surface area (Å²) in [7, 11) is 0. The van der Waals surface area contributed by atoms with Crippen molar-refractivity contribution in [1.29, 1.82) is 0 Å². The number of alkyl halides is 6. The number of rotatable bonds is 2. The molecular weight excluding hydrogens is 292 g/mol. The SMILES string of the molecule is FC(F)(F)c1ccc(C(F)(F)F)c(Oc2cocn2)c1. The Morgan fingerprint density at radius 3 is 2.20 bits per heavy atom. The maximum absolute atomic E-state index is 12.7. The molecule has 0 N–H and O–H groups in total. The molecule has 0 atom stereocenters. The van der Waals surface area contributed by atoms with E-state index in [0.29, 0.717) is 12.1 Å². The Morgan fingerprint density at radius 1 is 1.00 bits per heavy atom. The highest BCUT2D eigenvalue weighted by molar-refractivity contribution is 5.42. The Hall–Kier alpha value is -2.19. The van der Waals surface area contributed by atoms with Crippen molar-refractivity contribution in [2.75, 3.05) is 0 Å². The number of aromatic nitrogens is 1. The smallest absolute Gasteiger partial charge is 0.419 e. The molecule has 0 amide bonds. The summed E-state index contributed by atoms with van der Waals surface area (Å²) in [6.45, 7) is 0. The van der Waals surface area contributed by atoms with E-state index in [1.165, 1.54) is 0 Å². The molecule has 0 saturated carbocycles. The molecule has 1 heterocycles. The van der Waals surface area contributed by atoms with Crippen molar-refractivity contribution in [2.45, 2.75) is 12.4 Å². The van der Waals surface area contributed by atoms with E-state index in [4.69, 9.17) is 0 Å². The molecule has 0 radical (unpaired) electrons. The minimum Gasteiger partial charge on any atom is -0.448 e. The summed E-state index contributed by atoms with van der Waals surface area (Å²) >= 11 is 0. The molecule has 0 aliphatic carbocycles.